The molecule has 1 aliphatic rings. The predicted octanol–water partition coefficient (Wildman–Crippen LogP) is 3.16. The summed E-state index contributed by atoms with van der Waals surface area (Å²) in [6.45, 7) is 4.97. The molecule has 110 valence electrons. The predicted molar refractivity (Wildman–Crippen MR) is 83.6 cm³/mol. The minimum atomic E-state index is -0.222. The van der Waals surface area contributed by atoms with Crippen LogP contribution in [0.25, 0.3) is 0 Å². The Labute approximate surface area is 127 Å². The summed E-state index contributed by atoms with van der Waals surface area (Å²) in [5.74, 6) is -0.104. The van der Waals surface area contributed by atoms with Crippen molar-refractivity contribution in [3.8, 4) is 0 Å². The summed E-state index contributed by atoms with van der Waals surface area (Å²) in [4.78, 5) is 18.4. The third kappa shape index (κ3) is 3.08. The Morgan fingerprint density at radius 3 is 2.29 bits per heavy atom. The van der Waals surface area contributed by atoms with E-state index in [9.17, 15) is 9.18 Å². The molecule has 1 amide bonds. The molecule has 0 aliphatic carbocycles. The standard InChI is InChI=1S/C16H17FN2OS/c1-12-2-7-15(21-12)16(20)19-10-8-18(9-11-19)14-5-3-13(17)4-6-14/h2-7H,8-11H2,1H3. The highest BCUT2D eigenvalue weighted by Crippen LogP contribution is 2.20. The molecular weight excluding hydrogens is 287 g/mol. The number of hydrogen-bond acceptors (Lipinski definition) is 3. The number of piperazine rings is 1. The third-order valence-electron chi connectivity index (χ3n) is 3.71. The summed E-state index contributed by atoms with van der Waals surface area (Å²) in [6.07, 6.45) is 0. The van der Waals surface area contributed by atoms with Crippen LogP contribution in [0.15, 0.2) is 36.4 Å². The number of carbonyl (C=O) groups is 1. The van der Waals surface area contributed by atoms with E-state index in [0.717, 1.165) is 28.5 Å². The minimum Gasteiger partial charge on any atom is -0.368 e. The van der Waals surface area contributed by atoms with Crippen molar-refractivity contribution in [1.82, 2.24) is 4.90 Å². The van der Waals surface area contributed by atoms with Crippen LogP contribution in [0, 0.1) is 12.7 Å². The van der Waals surface area contributed by atoms with E-state index >= 15 is 0 Å². The first-order chi connectivity index (χ1) is 10.1. The number of rotatable bonds is 2. The molecule has 1 aromatic heterocycles. The lowest BCUT2D eigenvalue weighted by molar-refractivity contribution is 0.0751. The lowest BCUT2D eigenvalue weighted by Gasteiger charge is -2.36. The van der Waals surface area contributed by atoms with Gasteiger partial charge in [-0.2, -0.15) is 0 Å². The molecule has 1 aromatic carbocycles. The number of aryl methyl sites for hydroxylation is 1. The molecule has 0 N–H and O–H groups in total. The van der Waals surface area contributed by atoms with Gasteiger partial charge in [-0.3, -0.25) is 4.79 Å². The van der Waals surface area contributed by atoms with Crippen LogP contribution in [0.4, 0.5) is 10.1 Å². The van der Waals surface area contributed by atoms with E-state index in [1.807, 2.05) is 24.0 Å². The second kappa shape index (κ2) is 5.85. The Kier molecular flexibility index (Phi) is 3.92. The molecule has 1 saturated heterocycles. The van der Waals surface area contributed by atoms with Crippen LogP contribution >= 0.6 is 11.3 Å². The molecule has 2 aromatic rings. The fraction of sp³-hybridized carbons (Fsp3) is 0.312. The largest absolute Gasteiger partial charge is 0.368 e. The van der Waals surface area contributed by atoms with E-state index in [2.05, 4.69) is 4.90 Å². The second-order valence-electron chi connectivity index (χ2n) is 5.17. The highest BCUT2D eigenvalue weighted by atomic mass is 32.1. The number of thiophene rings is 1. The Bertz CT molecular complexity index is 630. The third-order valence-corrected chi connectivity index (χ3v) is 4.70. The Morgan fingerprint density at radius 2 is 1.71 bits per heavy atom. The maximum Gasteiger partial charge on any atom is 0.264 e. The van der Waals surface area contributed by atoms with Crippen LogP contribution in [-0.2, 0) is 0 Å². The van der Waals surface area contributed by atoms with Gasteiger partial charge in [-0.15, -0.1) is 11.3 Å². The number of carbonyl (C=O) groups excluding carboxylic acids is 1. The van der Waals surface area contributed by atoms with Gasteiger partial charge in [0, 0.05) is 36.7 Å². The molecular formula is C16H17FN2OS. The van der Waals surface area contributed by atoms with Gasteiger partial charge in [0.2, 0.25) is 0 Å². The highest BCUT2D eigenvalue weighted by Gasteiger charge is 2.23. The number of nitrogens with zero attached hydrogens (tertiary/aromatic N) is 2. The van der Waals surface area contributed by atoms with Gasteiger partial charge in [0.1, 0.15) is 5.82 Å². The van der Waals surface area contributed by atoms with Crippen LogP contribution in [0.3, 0.4) is 0 Å². The number of hydrogen-bond donors (Lipinski definition) is 0. The summed E-state index contributed by atoms with van der Waals surface area (Å²) in [5, 5.41) is 0. The number of anilines is 1. The van der Waals surface area contributed by atoms with Gasteiger partial charge in [0.15, 0.2) is 0 Å². The van der Waals surface area contributed by atoms with Crippen LogP contribution in [0.2, 0.25) is 0 Å². The Balaban J connectivity index is 1.62. The summed E-state index contributed by atoms with van der Waals surface area (Å²) in [6, 6.07) is 10.4. The molecule has 21 heavy (non-hydrogen) atoms. The average molecular weight is 304 g/mol. The van der Waals surface area contributed by atoms with Gasteiger partial charge in [-0.1, -0.05) is 0 Å². The van der Waals surface area contributed by atoms with E-state index in [-0.39, 0.29) is 11.7 Å². The molecule has 0 bridgehead atoms. The fourth-order valence-corrected chi connectivity index (χ4v) is 3.36. The molecule has 2 heterocycles. The maximum absolute atomic E-state index is 12.9. The number of benzene rings is 1. The van der Waals surface area contributed by atoms with Crippen molar-refractivity contribution < 1.29 is 9.18 Å². The molecule has 0 atom stereocenters. The van der Waals surface area contributed by atoms with Crippen molar-refractivity contribution in [2.45, 2.75) is 6.92 Å². The van der Waals surface area contributed by atoms with Crippen molar-refractivity contribution in [1.29, 1.82) is 0 Å². The molecule has 0 saturated carbocycles. The number of halogens is 1. The SMILES string of the molecule is Cc1ccc(C(=O)N2CCN(c3ccc(F)cc3)CC2)s1. The van der Waals surface area contributed by atoms with E-state index in [0.29, 0.717) is 13.1 Å². The van der Waals surface area contributed by atoms with E-state index < -0.39 is 0 Å². The first kappa shape index (κ1) is 14.1. The van der Waals surface area contributed by atoms with Gasteiger partial charge in [0.05, 0.1) is 4.88 Å². The smallest absolute Gasteiger partial charge is 0.264 e. The molecule has 3 rings (SSSR count). The van der Waals surface area contributed by atoms with E-state index in [1.165, 1.54) is 12.1 Å². The minimum absolute atomic E-state index is 0.117. The second-order valence-corrected chi connectivity index (χ2v) is 6.45. The number of amides is 1. The van der Waals surface area contributed by atoms with Crippen LogP contribution < -0.4 is 4.90 Å². The summed E-state index contributed by atoms with van der Waals surface area (Å²) >= 11 is 1.54. The fourth-order valence-electron chi connectivity index (χ4n) is 2.52. The summed E-state index contributed by atoms with van der Waals surface area (Å²) in [5.41, 5.74) is 1.01. The topological polar surface area (TPSA) is 23.6 Å². The van der Waals surface area contributed by atoms with Crippen LogP contribution in [0.1, 0.15) is 14.5 Å². The van der Waals surface area contributed by atoms with Crippen LogP contribution in [0.5, 0.6) is 0 Å². The van der Waals surface area contributed by atoms with Crippen LogP contribution in [-0.4, -0.2) is 37.0 Å². The van der Waals surface area contributed by atoms with Gasteiger partial charge >= 0.3 is 0 Å². The molecule has 1 fully saturated rings. The van der Waals surface area contributed by atoms with Crippen molar-refractivity contribution in [2.75, 3.05) is 31.1 Å². The maximum atomic E-state index is 12.9. The quantitative estimate of drug-likeness (QED) is 0.851. The molecule has 5 heteroatoms. The molecule has 0 unspecified atom stereocenters. The molecule has 0 spiro atoms. The van der Waals surface area contributed by atoms with Gasteiger partial charge in [0.25, 0.3) is 5.91 Å². The molecule has 1 aliphatic heterocycles. The normalized spacial score (nSPS) is 15.3. The lowest BCUT2D eigenvalue weighted by Crippen LogP contribution is -2.48. The molecule has 3 nitrogen and oxygen atoms in total. The van der Waals surface area contributed by atoms with Crippen molar-refractivity contribution in [2.24, 2.45) is 0 Å². The highest BCUT2D eigenvalue weighted by molar-refractivity contribution is 7.13. The van der Waals surface area contributed by atoms with Crippen molar-refractivity contribution in [3.05, 3.63) is 52.0 Å². The lowest BCUT2D eigenvalue weighted by atomic mass is 10.2. The summed E-state index contributed by atoms with van der Waals surface area (Å²) in [7, 11) is 0. The average Bonchev–Trinajstić information content (AvgIpc) is 2.94. The Morgan fingerprint density at radius 1 is 1.05 bits per heavy atom. The molecule has 0 radical (unpaired) electrons. The monoisotopic (exact) mass is 304 g/mol. The van der Waals surface area contributed by atoms with Gasteiger partial charge in [-0.25, -0.2) is 4.39 Å². The van der Waals surface area contributed by atoms with Crippen molar-refractivity contribution >= 4 is 22.9 Å². The van der Waals surface area contributed by atoms with Gasteiger partial charge < -0.3 is 9.80 Å². The Hall–Kier alpha value is -1.88. The summed E-state index contributed by atoms with van der Waals surface area (Å²) < 4.78 is 12.9. The zero-order chi connectivity index (χ0) is 14.8. The zero-order valence-corrected chi connectivity index (χ0v) is 12.7. The first-order valence-corrected chi connectivity index (χ1v) is 7.81. The van der Waals surface area contributed by atoms with Crippen molar-refractivity contribution in [3.63, 3.8) is 0 Å². The first-order valence-electron chi connectivity index (χ1n) is 7.00. The van der Waals surface area contributed by atoms with E-state index in [1.54, 1.807) is 23.5 Å². The van der Waals surface area contributed by atoms with E-state index in [4.69, 9.17) is 0 Å². The zero-order valence-electron chi connectivity index (χ0n) is 11.9. The van der Waals surface area contributed by atoms with Gasteiger partial charge in [-0.05, 0) is 43.3 Å².